The number of Topliss-reactive ketones (excluding diaryl/α,β-unsaturated/α-hetero) is 1. The van der Waals surface area contributed by atoms with E-state index in [2.05, 4.69) is 21.1 Å². The number of carbonyl (C=O) groups excluding carboxylic acids is 1. The summed E-state index contributed by atoms with van der Waals surface area (Å²) in [5.74, 6) is -0.191. The monoisotopic (exact) mass is 379 g/mol. The number of nitrogens with zero attached hydrogens (tertiary/aromatic N) is 1. The Kier molecular flexibility index (Phi) is 5.31. The molecule has 1 heterocycles. The molecule has 2 unspecified atom stereocenters. The Bertz CT molecular complexity index is 593. The summed E-state index contributed by atoms with van der Waals surface area (Å²) in [5, 5.41) is 4.38. The van der Waals surface area contributed by atoms with E-state index in [4.69, 9.17) is 21.0 Å². The van der Waals surface area contributed by atoms with Crippen LogP contribution in [0.25, 0.3) is 0 Å². The molecule has 1 aliphatic rings. The van der Waals surface area contributed by atoms with Crippen LogP contribution in [0.15, 0.2) is 23.4 Å². The van der Waals surface area contributed by atoms with Gasteiger partial charge in [-0.05, 0) is 11.6 Å². The molecule has 20 heavy (non-hydrogen) atoms. The van der Waals surface area contributed by atoms with Gasteiger partial charge in [0.2, 0.25) is 0 Å². The Labute approximate surface area is 131 Å². The Hall–Kier alpha value is -0.760. The van der Waals surface area contributed by atoms with Crippen molar-refractivity contribution in [2.45, 2.75) is 18.3 Å². The third-order valence-electron chi connectivity index (χ3n) is 2.86. The number of hydrogen-bond donors (Lipinski definition) is 1. The van der Waals surface area contributed by atoms with Crippen molar-refractivity contribution >= 4 is 50.1 Å². The molecule has 1 N–H and O–H groups in total. The van der Waals surface area contributed by atoms with E-state index in [0.717, 1.165) is 0 Å². The minimum atomic E-state index is -1.98. The van der Waals surface area contributed by atoms with E-state index in [0.29, 0.717) is 28.3 Å². The van der Waals surface area contributed by atoms with Crippen molar-refractivity contribution in [1.82, 2.24) is 0 Å². The summed E-state index contributed by atoms with van der Waals surface area (Å²) < 4.78 is 20.0. The highest BCUT2D eigenvalue weighted by atomic mass is 79.9. The maximum Gasteiger partial charge on any atom is 0.191 e. The molecule has 1 aromatic carbocycles. The molecule has 0 aromatic heterocycles. The molecule has 0 radical (unpaired) electrons. The van der Waals surface area contributed by atoms with Gasteiger partial charge in [0.15, 0.2) is 23.0 Å². The van der Waals surface area contributed by atoms with E-state index < -0.39 is 17.2 Å². The summed E-state index contributed by atoms with van der Waals surface area (Å²) in [6.45, 7) is 0. The van der Waals surface area contributed by atoms with Crippen LogP contribution in [-0.4, -0.2) is 25.6 Å². The molecule has 2 atom stereocenters. The standard InChI is InChI=1S/C12H11BrClNO4S/c13-5-10(16)9-4-11(19-15-9)12-7(6-20(17)18)2-1-3-8(12)14/h1-3,11H,4-6H2,(H,17,18). The van der Waals surface area contributed by atoms with Crippen molar-refractivity contribution in [2.24, 2.45) is 5.16 Å². The normalized spacial score (nSPS) is 19.4. The molecule has 1 aliphatic heterocycles. The average Bonchev–Trinajstić information content (AvgIpc) is 2.86. The molecule has 0 fully saturated rings. The summed E-state index contributed by atoms with van der Waals surface area (Å²) >= 11 is 7.25. The molecule has 1 aromatic rings. The first kappa shape index (κ1) is 15.6. The number of carbonyl (C=O) groups is 1. The maximum absolute atomic E-state index is 11.6. The highest BCUT2D eigenvalue weighted by Gasteiger charge is 2.30. The second kappa shape index (κ2) is 6.80. The molecular formula is C12H11BrClNO4S. The van der Waals surface area contributed by atoms with Crippen molar-refractivity contribution in [3.63, 3.8) is 0 Å². The molecule has 0 saturated carbocycles. The van der Waals surface area contributed by atoms with Gasteiger partial charge in [0.1, 0.15) is 5.71 Å². The lowest BCUT2D eigenvalue weighted by molar-refractivity contribution is -0.110. The van der Waals surface area contributed by atoms with Crippen LogP contribution in [-0.2, 0) is 26.5 Å². The fourth-order valence-corrected chi connectivity index (χ4v) is 3.13. The van der Waals surface area contributed by atoms with Crippen LogP contribution in [0.5, 0.6) is 0 Å². The number of oxime groups is 1. The van der Waals surface area contributed by atoms with Crippen molar-refractivity contribution in [2.75, 3.05) is 5.33 Å². The molecule has 8 heteroatoms. The number of alkyl halides is 1. The van der Waals surface area contributed by atoms with Gasteiger partial charge in [-0.1, -0.05) is 44.8 Å². The van der Waals surface area contributed by atoms with Gasteiger partial charge in [-0.2, -0.15) is 0 Å². The first-order valence-corrected chi connectivity index (χ1v) is 8.47. The molecule has 5 nitrogen and oxygen atoms in total. The van der Waals surface area contributed by atoms with Crippen LogP contribution in [0.4, 0.5) is 0 Å². The number of ketones is 1. The minimum absolute atomic E-state index is 0.0442. The SMILES string of the molecule is O=C(CBr)C1=NOC(c2c(Cl)cccc2CS(=O)O)C1. The summed E-state index contributed by atoms with van der Waals surface area (Å²) in [6.07, 6.45) is -0.195. The molecule has 108 valence electrons. The highest BCUT2D eigenvalue weighted by Crippen LogP contribution is 2.35. The molecular weight excluding hydrogens is 370 g/mol. The van der Waals surface area contributed by atoms with Gasteiger partial charge in [0, 0.05) is 17.0 Å². The van der Waals surface area contributed by atoms with Gasteiger partial charge < -0.3 is 9.39 Å². The van der Waals surface area contributed by atoms with Crippen LogP contribution < -0.4 is 0 Å². The van der Waals surface area contributed by atoms with Crippen LogP contribution in [0.2, 0.25) is 5.02 Å². The summed E-state index contributed by atoms with van der Waals surface area (Å²) in [7, 11) is 0. The van der Waals surface area contributed by atoms with E-state index in [1.807, 2.05) is 0 Å². The van der Waals surface area contributed by atoms with Crippen molar-refractivity contribution in [3.05, 3.63) is 34.3 Å². The first-order chi connectivity index (χ1) is 9.52. The lowest BCUT2D eigenvalue weighted by Crippen LogP contribution is -2.14. The van der Waals surface area contributed by atoms with E-state index in [9.17, 15) is 9.00 Å². The van der Waals surface area contributed by atoms with Gasteiger partial charge >= 0.3 is 0 Å². The van der Waals surface area contributed by atoms with E-state index in [1.165, 1.54) is 0 Å². The Balaban J connectivity index is 2.26. The van der Waals surface area contributed by atoms with Crippen molar-refractivity contribution in [1.29, 1.82) is 0 Å². The molecule has 0 amide bonds. The maximum atomic E-state index is 11.6. The van der Waals surface area contributed by atoms with Crippen LogP contribution in [0.3, 0.4) is 0 Å². The Morgan fingerprint density at radius 1 is 1.60 bits per heavy atom. The summed E-state index contributed by atoms with van der Waals surface area (Å²) in [6, 6.07) is 5.09. The van der Waals surface area contributed by atoms with Gasteiger partial charge in [-0.3, -0.25) is 4.79 Å². The largest absolute Gasteiger partial charge is 0.387 e. The fourth-order valence-electron chi connectivity index (χ4n) is 1.98. The first-order valence-electron chi connectivity index (χ1n) is 5.69. The van der Waals surface area contributed by atoms with E-state index >= 15 is 0 Å². The number of benzene rings is 1. The number of halogens is 2. The average molecular weight is 381 g/mol. The quantitative estimate of drug-likeness (QED) is 0.629. The third-order valence-corrected chi connectivity index (χ3v) is 4.25. The lowest BCUT2D eigenvalue weighted by Gasteiger charge is -2.14. The molecule has 2 rings (SSSR count). The number of rotatable bonds is 5. The minimum Gasteiger partial charge on any atom is -0.387 e. The zero-order valence-corrected chi connectivity index (χ0v) is 13.4. The van der Waals surface area contributed by atoms with Gasteiger partial charge in [0.25, 0.3) is 0 Å². The second-order valence-electron chi connectivity index (χ2n) is 4.17. The molecule has 0 aliphatic carbocycles. The van der Waals surface area contributed by atoms with Gasteiger partial charge in [-0.25, -0.2) is 4.21 Å². The predicted octanol–water partition coefficient (Wildman–Crippen LogP) is 2.84. The molecule has 0 saturated heterocycles. The molecule has 0 bridgehead atoms. The van der Waals surface area contributed by atoms with Crippen LogP contribution >= 0.6 is 27.5 Å². The lowest BCUT2D eigenvalue weighted by atomic mass is 9.99. The topological polar surface area (TPSA) is 76.0 Å². The number of hydrogen-bond acceptors (Lipinski definition) is 4. The molecule has 0 spiro atoms. The van der Waals surface area contributed by atoms with Gasteiger partial charge in [0.05, 0.1) is 11.1 Å². The fraction of sp³-hybridized carbons (Fsp3) is 0.333. The third kappa shape index (κ3) is 3.46. The smallest absolute Gasteiger partial charge is 0.191 e. The van der Waals surface area contributed by atoms with Crippen LogP contribution in [0, 0.1) is 0 Å². The van der Waals surface area contributed by atoms with Crippen molar-refractivity contribution in [3.8, 4) is 0 Å². The zero-order valence-electron chi connectivity index (χ0n) is 10.2. The summed E-state index contributed by atoms with van der Waals surface area (Å²) in [5.41, 5.74) is 1.56. The van der Waals surface area contributed by atoms with E-state index in [-0.39, 0.29) is 16.9 Å². The Morgan fingerprint density at radius 2 is 2.35 bits per heavy atom. The highest BCUT2D eigenvalue weighted by molar-refractivity contribution is 9.09. The Morgan fingerprint density at radius 3 is 3.00 bits per heavy atom. The van der Waals surface area contributed by atoms with E-state index in [1.54, 1.807) is 18.2 Å². The predicted molar refractivity (Wildman–Crippen MR) is 80.6 cm³/mol. The van der Waals surface area contributed by atoms with Crippen molar-refractivity contribution < 1.29 is 18.4 Å². The second-order valence-corrected chi connectivity index (χ2v) is 6.07. The van der Waals surface area contributed by atoms with Gasteiger partial charge in [-0.15, -0.1) is 0 Å². The summed E-state index contributed by atoms with van der Waals surface area (Å²) in [4.78, 5) is 16.8. The van der Waals surface area contributed by atoms with Crippen LogP contribution in [0.1, 0.15) is 23.7 Å². The zero-order chi connectivity index (χ0) is 14.7.